The summed E-state index contributed by atoms with van der Waals surface area (Å²) in [4.78, 5) is 0. The average molecular weight is 146 g/mol. The van der Waals surface area contributed by atoms with Crippen LogP contribution in [-0.4, -0.2) is 22.7 Å². The van der Waals surface area contributed by atoms with Gasteiger partial charge >= 0.3 is 0 Å². The molecule has 0 aliphatic carbocycles. The second kappa shape index (κ2) is 6.17. The van der Waals surface area contributed by atoms with Crippen LogP contribution >= 0.6 is 11.8 Å². The molecule has 9 heavy (non-hydrogen) atoms. The monoisotopic (exact) mass is 146 g/mol. The molecule has 0 aliphatic heterocycles. The lowest BCUT2D eigenvalue weighted by atomic mass is 10.3. The number of rotatable bonds is 5. The molecule has 0 aromatic carbocycles. The van der Waals surface area contributed by atoms with Crippen molar-refractivity contribution in [1.82, 2.24) is 0 Å². The van der Waals surface area contributed by atoms with Crippen molar-refractivity contribution in [1.29, 1.82) is 0 Å². The lowest BCUT2D eigenvalue weighted by Gasteiger charge is -2.04. The summed E-state index contributed by atoms with van der Waals surface area (Å²) in [7, 11) is 0. The van der Waals surface area contributed by atoms with Crippen LogP contribution in [0.1, 0.15) is 13.3 Å². The van der Waals surface area contributed by atoms with Gasteiger partial charge in [-0.3, -0.25) is 0 Å². The molecule has 0 radical (unpaired) electrons. The van der Waals surface area contributed by atoms with Gasteiger partial charge in [-0.25, -0.2) is 0 Å². The molecule has 0 aliphatic rings. The molecule has 1 N–H and O–H groups in total. The van der Waals surface area contributed by atoms with Crippen LogP contribution in [0.5, 0.6) is 0 Å². The Hall–Kier alpha value is 0.0500. The normalized spacial score (nSPS) is 13.1. The van der Waals surface area contributed by atoms with Crippen molar-refractivity contribution in [3.63, 3.8) is 0 Å². The van der Waals surface area contributed by atoms with Crippen molar-refractivity contribution in [2.45, 2.75) is 19.4 Å². The summed E-state index contributed by atoms with van der Waals surface area (Å²) in [5.74, 6) is 1.91. The molecule has 0 heterocycles. The Morgan fingerprint density at radius 1 is 1.78 bits per heavy atom. The Labute approximate surface area is 61.2 Å². The van der Waals surface area contributed by atoms with E-state index in [0.29, 0.717) is 6.42 Å². The van der Waals surface area contributed by atoms with E-state index >= 15 is 0 Å². The molecule has 1 unspecified atom stereocenters. The Balaban J connectivity index is 3.04. The number of hydrogen-bond donors (Lipinski definition) is 1. The summed E-state index contributed by atoms with van der Waals surface area (Å²) < 4.78 is 0. The molecule has 1 atom stereocenters. The first-order valence-electron chi connectivity index (χ1n) is 3.18. The average Bonchev–Trinajstić information content (AvgIpc) is 1.85. The molecule has 1 nitrogen and oxygen atoms in total. The van der Waals surface area contributed by atoms with E-state index in [-0.39, 0.29) is 6.10 Å². The maximum absolute atomic E-state index is 9.09. The molecule has 0 aromatic rings. The predicted molar refractivity (Wildman–Crippen MR) is 43.8 cm³/mol. The van der Waals surface area contributed by atoms with Crippen LogP contribution in [0.3, 0.4) is 0 Å². The van der Waals surface area contributed by atoms with Gasteiger partial charge in [-0.1, -0.05) is 13.0 Å². The summed E-state index contributed by atoms with van der Waals surface area (Å²) in [5.41, 5.74) is 0. The second-order valence-electron chi connectivity index (χ2n) is 1.84. The van der Waals surface area contributed by atoms with E-state index in [0.717, 1.165) is 11.5 Å². The van der Waals surface area contributed by atoms with Gasteiger partial charge in [0.05, 0.1) is 6.10 Å². The number of aliphatic hydroxyl groups is 1. The van der Waals surface area contributed by atoms with Gasteiger partial charge < -0.3 is 5.11 Å². The Morgan fingerprint density at radius 3 is 2.89 bits per heavy atom. The van der Waals surface area contributed by atoms with Crippen molar-refractivity contribution in [3.8, 4) is 0 Å². The van der Waals surface area contributed by atoms with Crippen LogP contribution in [0.4, 0.5) is 0 Å². The fraction of sp³-hybridized carbons (Fsp3) is 0.714. The maximum atomic E-state index is 9.09. The van der Waals surface area contributed by atoms with Crippen molar-refractivity contribution >= 4 is 11.8 Å². The van der Waals surface area contributed by atoms with E-state index in [2.05, 4.69) is 13.5 Å². The standard InChI is InChI=1S/C7H14OS/c1-3-5-7(8)6-9-4-2/h3,7-8H,1,4-6H2,2H3. The van der Waals surface area contributed by atoms with Gasteiger partial charge in [-0.15, -0.1) is 6.58 Å². The third-order valence-corrected chi connectivity index (χ3v) is 1.98. The molecule has 0 fully saturated rings. The maximum Gasteiger partial charge on any atom is 0.0664 e. The Morgan fingerprint density at radius 2 is 2.44 bits per heavy atom. The van der Waals surface area contributed by atoms with E-state index in [1.54, 1.807) is 17.8 Å². The third-order valence-electron chi connectivity index (χ3n) is 0.953. The molecule has 0 spiro atoms. The highest BCUT2D eigenvalue weighted by molar-refractivity contribution is 7.99. The van der Waals surface area contributed by atoms with Crippen LogP contribution in [0.15, 0.2) is 12.7 Å². The minimum absolute atomic E-state index is 0.188. The van der Waals surface area contributed by atoms with Crippen LogP contribution in [0, 0.1) is 0 Å². The van der Waals surface area contributed by atoms with Crippen LogP contribution < -0.4 is 0 Å². The van der Waals surface area contributed by atoms with Crippen molar-refractivity contribution in [3.05, 3.63) is 12.7 Å². The summed E-state index contributed by atoms with van der Waals surface area (Å²) in [5, 5.41) is 9.09. The lowest BCUT2D eigenvalue weighted by molar-refractivity contribution is 0.203. The summed E-state index contributed by atoms with van der Waals surface area (Å²) in [6, 6.07) is 0. The fourth-order valence-electron chi connectivity index (χ4n) is 0.514. The van der Waals surface area contributed by atoms with Gasteiger partial charge in [0.25, 0.3) is 0 Å². The minimum Gasteiger partial charge on any atom is -0.392 e. The van der Waals surface area contributed by atoms with Gasteiger partial charge in [-0.2, -0.15) is 11.8 Å². The largest absolute Gasteiger partial charge is 0.392 e. The molecular weight excluding hydrogens is 132 g/mol. The van der Waals surface area contributed by atoms with Crippen molar-refractivity contribution < 1.29 is 5.11 Å². The second-order valence-corrected chi connectivity index (χ2v) is 3.16. The zero-order valence-corrected chi connectivity index (χ0v) is 6.66. The number of aliphatic hydroxyl groups excluding tert-OH is 1. The first-order chi connectivity index (χ1) is 4.31. The van der Waals surface area contributed by atoms with Gasteiger partial charge in [-0.05, 0) is 12.2 Å². The van der Waals surface area contributed by atoms with E-state index in [9.17, 15) is 0 Å². The van der Waals surface area contributed by atoms with E-state index in [1.165, 1.54) is 0 Å². The molecule has 2 heteroatoms. The van der Waals surface area contributed by atoms with E-state index in [4.69, 9.17) is 5.11 Å². The zero-order chi connectivity index (χ0) is 7.11. The third kappa shape index (κ3) is 5.93. The van der Waals surface area contributed by atoms with Gasteiger partial charge in [0, 0.05) is 5.75 Å². The summed E-state index contributed by atoms with van der Waals surface area (Å²) in [6.07, 6.45) is 2.28. The van der Waals surface area contributed by atoms with Crippen molar-refractivity contribution in [2.75, 3.05) is 11.5 Å². The SMILES string of the molecule is C=CCC(O)CSCC. The molecular formula is C7H14OS. The molecule has 0 amide bonds. The van der Waals surface area contributed by atoms with E-state index in [1.807, 2.05) is 0 Å². The number of hydrogen-bond acceptors (Lipinski definition) is 2. The highest BCUT2D eigenvalue weighted by atomic mass is 32.2. The van der Waals surface area contributed by atoms with Gasteiger partial charge in [0.1, 0.15) is 0 Å². The molecule has 0 bridgehead atoms. The van der Waals surface area contributed by atoms with Crippen LogP contribution in [-0.2, 0) is 0 Å². The Bertz CT molecular complexity index is 73.3. The molecule has 0 aromatic heterocycles. The van der Waals surface area contributed by atoms with E-state index < -0.39 is 0 Å². The van der Waals surface area contributed by atoms with Gasteiger partial charge in [0.15, 0.2) is 0 Å². The van der Waals surface area contributed by atoms with Crippen molar-refractivity contribution in [2.24, 2.45) is 0 Å². The minimum atomic E-state index is -0.188. The predicted octanol–water partition coefficient (Wildman–Crippen LogP) is 1.68. The Kier molecular flexibility index (Phi) is 6.21. The summed E-state index contributed by atoms with van der Waals surface area (Å²) in [6.45, 7) is 5.63. The number of thioether (sulfide) groups is 1. The highest BCUT2D eigenvalue weighted by Crippen LogP contribution is 2.04. The van der Waals surface area contributed by atoms with Crippen LogP contribution in [0.25, 0.3) is 0 Å². The topological polar surface area (TPSA) is 20.2 Å². The molecule has 0 rings (SSSR count). The molecule has 0 saturated carbocycles. The van der Waals surface area contributed by atoms with Crippen LogP contribution in [0.2, 0.25) is 0 Å². The molecule has 0 saturated heterocycles. The lowest BCUT2D eigenvalue weighted by Crippen LogP contribution is -2.07. The zero-order valence-electron chi connectivity index (χ0n) is 5.84. The fourth-order valence-corrected chi connectivity index (χ4v) is 1.16. The quantitative estimate of drug-likeness (QED) is 0.595. The first kappa shape index (κ1) is 9.05. The highest BCUT2D eigenvalue weighted by Gasteiger charge is 1.98. The van der Waals surface area contributed by atoms with Gasteiger partial charge in [0.2, 0.25) is 0 Å². The summed E-state index contributed by atoms with van der Waals surface area (Å²) >= 11 is 1.76. The molecule has 54 valence electrons. The smallest absolute Gasteiger partial charge is 0.0664 e. The first-order valence-corrected chi connectivity index (χ1v) is 4.33.